The van der Waals surface area contributed by atoms with E-state index in [-0.39, 0.29) is 0 Å². The first-order valence-electron chi connectivity index (χ1n) is 7.89. The van der Waals surface area contributed by atoms with Gasteiger partial charge in [0.15, 0.2) is 0 Å². The average Bonchev–Trinajstić information content (AvgIpc) is 2.43. The van der Waals surface area contributed by atoms with Gasteiger partial charge in [0.1, 0.15) is 12.1 Å². The quantitative estimate of drug-likeness (QED) is 0.859. The van der Waals surface area contributed by atoms with Gasteiger partial charge in [0.2, 0.25) is 5.88 Å². The molecule has 0 bridgehead atoms. The van der Waals surface area contributed by atoms with Crippen LogP contribution in [0, 0.1) is 18.8 Å². The van der Waals surface area contributed by atoms with Crippen LogP contribution in [0.4, 0.5) is 5.82 Å². The number of hydrogen-bond donors (Lipinski definition) is 1. The molecule has 1 aliphatic rings. The Morgan fingerprint density at radius 3 is 2.95 bits per heavy atom. The van der Waals surface area contributed by atoms with E-state index in [4.69, 9.17) is 4.74 Å². The molecule has 1 N–H and O–H groups in total. The largest absolute Gasteiger partial charge is 0.478 e. The molecule has 2 atom stereocenters. The molecule has 0 radical (unpaired) electrons. The van der Waals surface area contributed by atoms with E-state index in [0.717, 1.165) is 29.8 Å². The molecule has 1 aliphatic carbocycles. The molecule has 0 aliphatic heterocycles. The third-order valence-corrected chi connectivity index (χ3v) is 4.21. The minimum Gasteiger partial charge on any atom is -0.478 e. The second-order valence-corrected chi connectivity index (χ2v) is 5.94. The van der Waals surface area contributed by atoms with E-state index in [1.165, 1.54) is 32.1 Å². The molecule has 0 aromatic carbocycles. The minimum absolute atomic E-state index is 0.636. The Kier molecular flexibility index (Phi) is 5.62. The minimum atomic E-state index is 0.636. The predicted octanol–water partition coefficient (Wildman–Crippen LogP) is 3.81. The topological polar surface area (TPSA) is 47.0 Å². The lowest BCUT2D eigenvalue weighted by atomic mass is 9.81. The van der Waals surface area contributed by atoms with Crippen molar-refractivity contribution in [3.05, 3.63) is 11.9 Å². The second-order valence-electron chi connectivity index (χ2n) is 5.94. The number of aromatic nitrogens is 2. The van der Waals surface area contributed by atoms with Crippen LogP contribution in [0.1, 0.15) is 51.5 Å². The summed E-state index contributed by atoms with van der Waals surface area (Å²) in [5, 5.41) is 3.44. The molecule has 112 valence electrons. The summed E-state index contributed by atoms with van der Waals surface area (Å²) in [5.41, 5.74) is 1.01. The van der Waals surface area contributed by atoms with E-state index < -0.39 is 0 Å². The summed E-state index contributed by atoms with van der Waals surface area (Å²) >= 11 is 0. The van der Waals surface area contributed by atoms with Crippen LogP contribution in [0.3, 0.4) is 0 Å². The molecule has 2 rings (SSSR count). The maximum Gasteiger partial charge on any atom is 0.221 e. The molecule has 0 spiro atoms. The maximum absolute atomic E-state index is 5.50. The van der Waals surface area contributed by atoms with Crippen LogP contribution in [0.2, 0.25) is 0 Å². The molecule has 2 unspecified atom stereocenters. The third kappa shape index (κ3) is 4.09. The van der Waals surface area contributed by atoms with Crippen molar-refractivity contribution in [2.75, 3.05) is 18.5 Å². The van der Waals surface area contributed by atoms with E-state index in [1.54, 1.807) is 6.33 Å². The Hall–Kier alpha value is -1.32. The SMILES string of the molecule is CCOc1ncnc(NCCC2CCCC(C)C2)c1C. The standard InChI is InChI=1S/C16H27N3O/c1-4-20-16-13(3)15(18-11-19-16)17-9-8-14-7-5-6-12(2)10-14/h11-12,14H,4-10H2,1-3H3,(H,17,18,19). The van der Waals surface area contributed by atoms with Crippen molar-refractivity contribution in [1.82, 2.24) is 9.97 Å². The Bertz CT molecular complexity index is 422. The summed E-state index contributed by atoms with van der Waals surface area (Å²) in [6.45, 7) is 7.98. The van der Waals surface area contributed by atoms with Gasteiger partial charge in [-0.25, -0.2) is 9.97 Å². The summed E-state index contributed by atoms with van der Waals surface area (Å²) in [6.07, 6.45) is 8.38. The smallest absolute Gasteiger partial charge is 0.221 e. The fourth-order valence-electron chi connectivity index (χ4n) is 3.11. The maximum atomic E-state index is 5.50. The van der Waals surface area contributed by atoms with E-state index in [9.17, 15) is 0 Å². The van der Waals surface area contributed by atoms with Crippen LogP contribution in [0.5, 0.6) is 5.88 Å². The van der Waals surface area contributed by atoms with Gasteiger partial charge in [0.25, 0.3) is 0 Å². The Morgan fingerprint density at radius 2 is 2.20 bits per heavy atom. The summed E-state index contributed by atoms with van der Waals surface area (Å²) < 4.78 is 5.50. The lowest BCUT2D eigenvalue weighted by Crippen LogP contribution is -2.17. The number of rotatable bonds is 6. The number of ether oxygens (including phenoxy) is 1. The first-order chi connectivity index (χ1) is 9.70. The van der Waals surface area contributed by atoms with Crippen molar-refractivity contribution in [1.29, 1.82) is 0 Å². The van der Waals surface area contributed by atoms with Crippen LogP contribution >= 0.6 is 0 Å². The molecule has 4 nitrogen and oxygen atoms in total. The zero-order chi connectivity index (χ0) is 14.4. The van der Waals surface area contributed by atoms with Crippen molar-refractivity contribution in [2.45, 2.75) is 52.9 Å². The van der Waals surface area contributed by atoms with Crippen LogP contribution in [-0.2, 0) is 0 Å². The van der Waals surface area contributed by atoms with Gasteiger partial charge in [-0.2, -0.15) is 0 Å². The first-order valence-corrected chi connectivity index (χ1v) is 7.89. The van der Waals surface area contributed by atoms with Crippen LogP contribution in [-0.4, -0.2) is 23.1 Å². The molecule has 0 saturated heterocycles. The Morgan fingerprint density at radius 1 is 1.35 bits per heavy atom. The van der Waals surface area contributed by atoms with Crippen molar-refractivity contribution in [3.63, 3.8) is 0 Å². The second kappa shape index (κ2) is 7.46. The zero-order valence-corrected chi connectivity index (χ0v) is 13.0. The molecule has 1 aromatic heterocycles. The molecule has 1 heterocycles. The highest BCUT2D eigenvalue weighted by Crippen LogP contribution is 2.30. The van der Waals surface area contributed by atoms with Gasteiger partial charge in [-0.05, 0) is 38.5 Å². The van der Waals surface area contributed by atoms with Crippen molar-refractivity contribution in [3.8, 4) is 5.88 Å². The van der Waals surface area contributed by atoms with Crippen molar-refractivity contribution < 1.29 is 4.74 Å². The Labute approximate surface area is 122 Å². The van der Waals surface area contributed by atoms with Gasteiger partial charge >= 0.3 is 0 Å². The highest BCUT2D eigenvalue weighted by Gasteiger charge is 2.18. The lowest BCUT2D eigenvalue weighted by Gasteiger charge is -2.26. The lowest BCUT2D eigenvalue weighted by molar-refractivity contribution is 0.274. The number of nitrogens with zero attached hydrogens (tertiary/aromatic N) is 2. The monoisotopic (exact) mass is 277 g/mol. The fraction of sp³-hybridized carbons (Fsp3) is 0.750. The molecule has 20 heavy (non-hydrogen) atoms. The first kappa shape index (κ1) is 15.1. The van der Waals surface area contributed by atoms with Crippen LogP contribution in [0.15, 0.2) is 6.33 Å². The fourth-order valence-corrected chi connectivity index (χ4v) is 3.11. The van der Waals surface area contributed by atoms with Gasteiger partial charge in [0, 0.05) is 6.54 Å². The zero-order valence-electron chi connectivity index (χ0n) is 13.0. The highest BCUT2D eigenvalue weighted by atomic mass is 16.5. The van der Waals surface area contributed by atoms with Gasteiger partial charge in [-0.1, -0.05) is 26.2 Å². The molecule has 1 saturated carbocycles. The number of hydrogen-bond acceptors (Lipinski definition) is 4. The number of nitrogens with one attached hydrogen (secondary N) is 1. The van der Waals surface area contributed by atoms with Gasteiger partial charge in [-0.3, -0.25) is 0 Å². The van der Waals surface area contributed by atoms with Crippen LogP contribution < -0.4 is 10.1 Å². The summed E-state index contributed by atoms with van der Waals surface area (Å²) in [4.78, 5) is 8.48. The van der Waals surface area contributed by atoms with Gasteiger partial charge in [-0.15, -0.1) is 0 Å². The van der Waals surface area contributed by atoms with E-state index in [2.05, 4.69) is 22.2 Å². The third-order valence-electron chi connectivity index (χ3n) is 4.21. The predicted molar refractivity (Wildman–Crippen MR) is 82.2 cm³/mol. The molecule has 1 fully saturated rings. The van der Waals surface area contributed by atoms with Crippen molar-refractivity contribution in [2.24, 2.45) is 11.8 Å². The Balaban J connectivity index is 1.83. The van der Waals surface area contributed by atoms with Crippen LogP contribution in [0.25, 0.3) is 0 Å². The van der Waals surface area contributed by atoms with Gasteiger partial charge in [0.05, 0.1) is 12.2 Å². The normalized spacial score (nSPS) is 22.6. The summed E-state index contributed by atoms with van der Waals surface area (Å²) in [5.74, 6) is 3.38. The summed E-state index contributed by atoms with van der Waals surface area (Å²) in [7, 11) is 0. The highest BCUT2D eigenvalue weighted by molar-refractivity contribution is 5.47. The molecular weight excluding hydrogens is 250 g/mol. The number of anilines is 1. The molecule has 4 heteroatoms. The summed E-state index contributed by atoms with van der Waals surface area (Å²) in [6, 6.07) is 0. The molecular formula is C16H27N3O. The van der Waals surface area contributed by atoms with E-state index >= 15 is 0 Å². The molecule has 0 amide bonds. The average molecular weight is 277 g/mol. The van der Waals surface area contributed by atoms with Crippen molar-refractivity contribution >= 4 is 5.82 Å². The van der Waals surface area contributed by atoms with Gasteiger partial charge < -0.3 is 10.1 Å². The molecule has 1 aromatic rings. The van der Waals surface area contributed by atoms with E-state index in [0.29, 0.717) is 12.5 Å². The van der Waals surface area contributed by atoms with E-state index in [1.807, 2.05) is 13.8 Å².